The van der Waals surface area contributed by atoms with Gasteiger partial charge in [0.05, 0.1) is 4.47 Å². The van der Waals surface area contributed by atoms with Crippen molar-refractivity contribution in [3.8, 4) is 0 Å². The number of halogens is 4. The van der Waals surface area contributed by atoms with E-state index in [0.717, 1.165) is 39.3 Å². The molecule has 2 aliphatic rings. The van der Waals surface area contributed by atoms with Crippen molar-refractivity contribution in [2.24, 2.45) is 0 Å². The van der Waals surface area contributed by atoms with Crippen LogP contribution in [0.4, 0.5) is 8.78 Å². The van der Waals surface area contributed by atoms with Gasteiger partial charge in [0.25, 0.3) is 0 Å². The molecule has 124 valence electrons. The highest BCUT2D eigenvalue weighted by Gasteiger charge is 2.26. The first kappa shape index (κ1) is 18.1. The number of piperazine rings is 1. The first-order valence-electron chi connectivity index (χ1n) is 7.44. The first-order chi connectivity index (χ1) is 10.1. The Kier molecular flexibility index (Phi) is 6.58. The number of nitrogens with one attached hydrogen (secondary N) is 1. The largest absolute Gasteiger partial charge is 0.315 e. The molecule has 1 aromatic carbocycles. The fraction of sp³-hybridized carbons (Fsp3) is 0.600. The molecule has 2 aliphatic heterocycles. The molecule has 3 nitrogen and oxygen atoms in total. The summed E-state index contributed by atoms with van der Waals surface area (Å²) < 4.78 is 28.1. The third-order valence-electron chi connectivity index (χ3n) is 4.48. The zero-order chi connectivity index (χ0) is 14.8. The van der Waals surface area contributed by atoms with Gasteiger partial charge in [0.15, 0.2) is 0 Å². The van der Waals surface area contributed by atoms with E-state index >= 15 is 0 Å². The van der Waals surface area contributed by atoms with Crippen LogP contribution in [-0.2, 0) is 6.54 Å². The van der Waals surface area contributed by atoms with Gasteiger partial charge in [0.1, 0.15) is 11.6 Å². The normalized spacial score (nSPS) is 23.5. The number of hydrogen-bond donors (Lipinski definition) is 1. The average Bonchev–Trinajstić information content (AvgIpc) is 3.03. The van der Waals surface area contributed by atoms with Gasteiger partial charge in [-0.1, -0.05) is 0 Å². The van der Waals surface area contributed by atoms with Gasteiger partial charge < -0.3 is 5.32 Å². The molecule has 0 aliphatic carbocycles. The average molecular weight is 397 g/mol. The topological polar surface area (TPSA) is 18.5 Å². The summed E-state index contributed by atoms with van der Waals surface area (Å²) in [6.07, 6.45) is 1.20. The molecule has 1 unspecified atom stereocenters. The highest BCUT2D eigenvalue weighted by Crippen LogP contribution is 2.23. The summed E-state index contributed by atoms with van der Waals surface area (Å²) in [5, 5.41) is 3.38. The van der Waals surface area contributed by atoms with Crippen molar-refractivity contribution in [2.75, 3.05) is 39.3 Å². The third kappa shape index (κ3) is 3.97. The van der Waals surface area contributed by atoms with E-state index < -0.39 is 11.6 Å². The van der Waals surface area contributed by atoms with E-state index in [1.54, 1.807) is 0 Å². The molecule has 22 heavy (non-hydrogen) atoms. The van der Waals surface area contributed by atoms with Crippen molar-refractivity contribution >= 4 is 28.3 Å². The Bertz CT molecular complexity index is 504. The van der Waals surface area contributed by atoms with Gasteiger partial charge >= 0.3 is 0 Å². The van der Waals surface area contributed by atoms with E-state index in [1.165, 1.54) is 18.6 Å². The van der Waals surface area contributed by atoms with Gasteiger partial charge in [0, 0.05) is 50.9 Å². The van der Waals surface area contributed by atoms with Gasteiger partial charge in [-0.15, -0.1) is 12.4 Å². The van der Waals surface area contributed by atoms with Crippen LogP contribution in [0.1, 0.15) is 12.0 Å². The van der Waals surface area contributed by atoms with E-state index in [1.807, 2.05) is 0 Å². The Labute approximate surface area is 144 Å². The fourth-order valence-electron chi connectivity index (χ4n) is 3.18. The molecular formula is C15H21BrClF2N3. The van der Waals surface area contributed by atoms with Crippen LogP contribution in [0.2, 0.25) is 0 Å². The molecule has 2 fully saturated rings. The predicted octanol–water partition coefficient (Wildman–Crippen LogP) is 2.63. The summed E-state index contributed by atoms with van der Waals surface area (Å²) >= 11 is 3.12. The minimum absolute atomic E-state index is 0. The van der Waals surface area contributed by atoms with Crippen molar-refractivity contribution in [3.63, 3.8) is 0 Å². The molecule has 1 N–H and O–H groups in total. The Morgan fingerprint density at radius 1 is 1.18 bits per heavy atom. The highest BCUT2D eigenvalue weighted by molar-refractivity contribution is 9.10. The summed E-state index contributed by atoms with van der Waals surface area (Å²) in [4.78, 5) is 4.62. The molecule has 0 spiro atoms. The minimum Gasteiger partial charge on any atom is -0.315 e. The monoisotopic (exact) mass is 395 g/mol. The molecule has 3 rings (SSSR count). The molecule has 0 saturated carbocycles. The lowest BCUT2D eigenvalue weighted by atomic mass is 10.1. The van der Waals surface area contributed by atoms with E-state index in [2.05, 4.69) is 31.0 Å². The summed E-state index contributed by atoms with van der Waals surface area (Å²) in [5.41, 5.74) is 0.167. The van der Waals surface area contributed by atoms with Crippen molar-refractivity contribution in [3.05, 3.63) is 33.8 Å². The molecule has 0 aromatic heterocycles. The lowest BCUT2D eigenvalue weighted by Gasteiger charge is -2.37. The Hall–Kier alpha value is -0.270. The van der Waals surface area contributed by atoms with Gasteiger partial charge in [0.2, 0.25) is 0 Å². The first-order valence-corrected chi connectivity index (χ1v) is 8.24. The van der Waals surface area contributed by atoms with E-state index in [0.29, 0.717) is 17.1 Å². The Balaban J connectivity index is 0.00000176. The number of rotatable bonds is 3. The van der Waals surface area contributed by atoms with E-state index in [-0.39, 0.29) is 18.0 Å². The molecule has 7 heteroatoms. The second-order valence-electron chi connectivity index (χ2n) is 5.78. The SMILES string of the molecule is Cl.Fc1ccc(Br)c(F)c1CN1CCN(C2CCNC2)CC1. The van der Waals surface area contributed by atoms with Crippen LogP contribution in [0.25, 0.3) is 0 Å². The smallest absolute Gasteiger partial charge is 0.144 e. The summed E-state index contributed by atoms with van der Waals surface area (Å²) in [5.74, 6) is -0.935. The standard InChI is InChI=1S/C15H20BrF2N3.ClH/c16-13-1-2-14(17)12(15(13)18)10-20-5-7-21(8-6-20)11-3-4-19-9-11;/h1-2,11,19H,3-10H2;1H. The van der Waals surface area contributed by atoms with Crippen molar-refractivity contribution < 1.29 is 8.78 Å². The fourth-order valence-corrected chi connectivity index (χ4v) is 3.55. The van der Waals surface area contributed by atoms with E-state index in [9.17, 15) is 8.78 Å². The Morgan fingerprint density at radius 2 is 1.91 bits per heavy atom. The second kappa shape index (κ2) is 8.02. The molecule has 1 aromatic rings. The number of benzene rings is 1. The summed E-state index contributed by atoms with van der Waals surface area (Å²) in [6.45, 7) is 6.18. The van der Waals surface area contributed by atoms with Gasteiger partial charge in [-0.25, -0.2) is 8.78 Å². The van der Waals surface area contributed by atoms with Crippen molar-refractivity contribution in [1.29, 1.82) is 0 Å². The maximum Gasteiger partial charge on any atom is 0.144 e. The van der Waals surface area contributed by atoms with Crippen LogP contribution in [0.5, 0.6) is 0 Å². The molecule has 2 saturated heterocycles. The van der Waals surface area contributed by atoms with Crippen LogP contribution in [0, 0.1) is 11.6 Å². The molecule has 2 heterocycles. The van der Waals surface area contributed by atoms with Crippen LogP contribution < -0.4 is 5.32 Å². The quantitative estimate of drug-likeness (QED) is 0.793. The lowest BCUT2D eigenvalue weighted by Crippen LogP contribution is -2.50. The van der Waals surface area contributed by atoms with Crippen LogP contribution in [0.3, 0.4) is 0 Å². The number of nitrogens with zero attached hydrogens (tertiary/aromatic N) is 2. The highest BCUT2D eigenvalue weighted by atomic mass is 79.9. The van der Waals surface area contributed by atoms with Crippen LogP contribution >= 0.6 is 28.3 Å². The van der Waals surface area contributed by atoms with Crippen LogP contribution in [0.15, 0.2) is 16.6 Å². The predicted molar refractivity (Wildman–Crippen MR) is 89.4 cm³/mol. The van der Waals surface area contributed by atoms with Crippen LogP contribution in [-0.4, -0.2) is 55.1 Å². The van der Waals surface area contributed by atoms with Crippen molar-refractivity contribution in [1.82, 2.24) is 15.1 Å². The second-order valence-corrected chi connectivity index (χ2v) is 6.63. The molecule has 0 amide bonds. The van der Waals surface area contributed by atoms with Gasteiger partial charge in [-0.3, -0.25) is 9.80 Å². The van der Waals surface area contributed by atoms with Gasteiger partial charge in [-0.2, -0.15) is 0 Å². The maximum absolute atomic E-state index is 14.0. The molecule has 0 radical (unpaired) electrons. The minimum atomic E-state index is -0.475. The van der Waals surface area contributed by atoms with E-state index in [4.69, 9.17) is 0 Å². The third-order valence-corrected chi connectivity index (χ3v) is 5.09. The molecular weight excluding hydrogens is 376 g/mol. The Morgan fingerprint density at radius 3 is 2.55 bits per heavy atom. The molecule has 1 atom stereocenters. The lowest BCUT2D eigenvalue weighted by molar-refractivity contribution is 0.0966. The summed E-state index contributed by atoms with van der Waals surface area (Å²) in [6, 6.07) is 3.37. The van der Waals surface area contributed by atoms with Gasteiger partial charge in [-0.05, 0) is 41.0 Å². The summed E-state index contributed by atoms with van der Waals surface area (Å²) in [7, 11) is 0. The number of hydrogen-bond acceptors (Lipinski definition) is 3. The zero-order valence-corrected chi connectivity index (χ0v) is 14.7. The maximum atomic E-state index is 14.0. The molecule has 0 bridgehead atoms. The zero-order valence-electron chi connectivity index (χ0n) is 12.3. The van der Waals surface area contributed by atoms with Crippen molar-refractivity contribution in [2.45, 2.75) is 19.0 Å².